The summed E-state index contributed by atoms with van der Waals surface area (Å²) in [5.74, 6) is 0.519. The van der Waals surface area contributed by atoms with Crippen LogP contribution in [0.25, 0.3) is 0 Å². The maximum Gasteiger partial charge on any atom is 0.416 e. The quantitative estimate of drug-likeness (QED) is 0.615. The molecule has 2 N–H and O–H groups in total. The van der Waals surface area contributed by atoms with Gasteiger partial charge in [0, 0.05) is 33.6 Å². The van der Waals surface area contributed by atoms with Gasteiger partial charge in [-0.3, -0.25) is 4.79 Å². The molecule has 0 radical (unpaired) electrons. The Bertz CT molecular complexity index is 553. The number of halogens is 3. The van der Waals surface area contributed by atoms with Crippen molar-refractivity contribution in [3.63, 3.8) is 0 Å². The van der Waals surface area contributed by atoms with Crippen LogP contribution in [-0.4, -0.2) is 44.0 Å². The first kappa shape index (κ1) is 19.8. The number of amides is 1. The molecule has 0 heterocycles. The van der Waals surface area contributed by atoms with Gasteiger partial charge in [-0.25, -0.2) is 4.99 Å². The topological polar surface area (TPSA) is 56.7 Å². The van der Waals surface area contributed by atoms with Crippen LogP contribution in [0.15, 0.2) is 29.3 Å². The number of rotatable bonds is 6. The number of carbonyl (C=O) groups excluding carboxylic acids is 1. The van der Waals surface area contributed by atoms with Gasteiger partial charge in [-0.15, -0.1) is 0 Å². The Balaban J connectivity index is 2.60. The summed E-state index contributed by atoms with van der Waals surface area (Å²) in [6, 6.07) is 4.90. The molecule has 8 heteroatoms. The SMILES string of the molecule is CCNC(=NCc1ccc(C(F)(F)F)cc1)NCCC(=O)N(C)C. The molecule has 5 nitrogen and oxygen atoms in total. The number of guanidine groups is 1. The highest BCUT2D eigenvalue weighted by atomic mass is 19.4. The number of hydrogen-bond acceptors (Lipinski definition) is 2. The van der Waals surface area contributed by atoms with Crippen LogP contribution in [0.2, 0.25) is 0 Å². The Labute approximate surface area is 139 Å². The Kier molecular flexibility index (Phi) is 7.54. The third-order valence-corrected chi connectivity index (χ3v) is 3.18. The molecule has 1 rings (SSSR count). The van der Waals surface area contributed by atoms with Crippen molar-refractivity contribution >= 4 is 11.9 Å². The van der Waals surface area contributed by atoms with Crippen LogP contribution < -0.4 is 10.6 Å². The molecular weight excluding hydrogens is 321 g/mol. The summed E-state index contributed by atoms with van der Waals surface area (Å²) in [6.07, 6.45) is -4.01. The molecule has 0 atom stereocenters. The zero-order valence-corrected chi connectivity index (χ0v) is 14.1. The van der Waals surface area contributed by atoms with Gasteiger partial charge in [-0.05, 0) is 24.6 Å². The molecule has 24 heavy (non-hydrogen) atoms. The molecule has 134 valence electrons. The van der Waals surface area contributed by atoms with Crippen LogP contribution in [0.4, 0.5) is 13.2 Å². The second kappa shape index (κ2) is 9.14. The van der Waals surface area contributed by atoms with Crippen LogP contribution in [-0.2, 0) is 17.5 Å². The van der Waals surface area contributed by atoms with E-state index < -0.39 is 11.7 Å². The fraction of sp³-hybridized carbons (Fsp3) is 0.500. The van der Waals surface area contributed by atoms with Crippen LogP contribution in [0.5, 0.6) is 0 Å². The molecule has 0 spiro atoms. The molecule has 0 aliphatic heterocycles. The Morgan fingerprint density at radius 3 is 2.29 bits per heavy atom. The van der Waals surface area contributed by atoms with Crippen molar-refractivity contribution in [3.8, 4) is 0 Å². The molecule has 0 bridgehead atoms. The lowest BCUT2D eigenvalue weighted by atomic mass is 10.1. The van der Waals surface area contributed by atoms with Gasteiger partial charge in [0.2, 0.25) is 5.91 Å². The van der Waals surface area contributed by atoms with Crippen LogP contribution in [0.3, 0.4) is 0 Å². The number of nitrogens with zero attached hydrogens (tertiary/aromatic N) is 2. The molecule has 0 saturated carbocycles. The first-order valence-corrected chi connectivity index (χ1v) is 7.62. The number of nitrogens with one attached hydrogen (secondary N) is 2. The van der Waals surface area contributed by atoms with E-state index in [0.717, 1.165) is 12.1 Å². The molecule has 1 aromatic rings. The van der Waals surface area contributed by atoms with Gasteiger partial charge >= 0.3 is 6.18 Å². The third-order valence-electron chi connectivity index (χ3n) is 3.18. The summed E-state index contributed by atoms with van der Waals surface area (Å²) in [4.78, 5) is 17.3. The fourth-order valence-electron chi connectivity index (χ4n) is 1.82. The van der Waals surface area contributed by atoms with Gasteiger partial charge < -0.3 is 15.5 Å². The van der Waals surface area contributed by atoms with Gasteiger partial charge in [-0.1, -0.05) is 12.1 Å². The Hall–Kier alpha value is -2.25. The lowest BCUT2D eigenvalue weighted by molar-refractivity contribution is -0.137. The standard InChI is InChI=1S/C16H23F3N4O/c1-4-20-15(21-10-9-14(24)23(2)3)22-11-12-5-7-13(8-6-12)16(17,18)19/h5-8H,4,9-11H2,1-3H3,(H2,20,21,22). The lowest BCUT2D eigenvalue weighted by Gasteiger charge is -2.13. The van der Waals surface area contributed by atoms with Crippen LogP contribution in [0, 0.1) is 0 Å². The first-order valence-electron chi connectivity index (χ1n) is 7.62. The van der Waals surface area contributed by atoms with E-state index in [-0.39, 0.29) is 12.5 Å². The molecule has 0 unspecified atom stereocenters. The number of carbonyl (C=O) groups is 1. The van der Waals surface area contributed by atoms with Gasteiger partial charge in [0.25, 0.3) is 0 Å². The predicted octanol–water partition coefficient (Wildman–Crippen LogP) is 2.24. The second-order valence-corrected chi connectivity index (χ2v) is 5.35. The minimum atomic E-state index is -4.34. The van der Waals surface area contributed by atoms with Crippen molar-refractivity contribution in [1.29, 1.82) is 0 Å². The van der Waals surface area contributed by atoms with E-state index in [4.69, 9.17) is 0 Å². The highest BCUT2D eigenvalue weighted by Crippen LogP contribution is 2.29. The van der Waals surface area contributed by atoms with Gasteiger partial charge in [0.05, 0.1) is 12.1 Å². The smallest absolute Gasteiger partial charge is 0.357 e. The largest absolute Gasteiger partial charge is 0.416 e. The fourth-order valence-corrected chi connectivity index (χ4v) is 1.82. The van der Waals surface area contributed by atoms with Crippen molar-refractivity contribution in [2.45, 2.75) is 26.1 Å². The summed E-state index contributed by atoms with van der Waals surface area (Å²) in [5.41, 5.74) is -0.00738. The number of hydrogen-bond donors (Lipinski definition) is 2. The molecule has 1 aromatic carbocycles. The minimum absolute atomic E-state index is 0.00101. The van der Waals surface area contributed by atoms with Gasteiger partial charge in [0.15, 0.2) is 5.96 Å². The van der Waals surface area contributed by atoms with E-state index in [1.54, 1.807) is 14.1 Å². The van der Waals surface area contributed by atoms with Crippen molar-refractivity contribution in [3.05, 3.63) is 35.4 Å². The van der Waals surface area contributed by atoms with Crippen LogP contribution >= 0.6 is 0 Å². The summed E-state index contributed by atoms with van der Waals surface area (Å²) in [7, 11) is 3.37. The monoisotopic (exact) mass is 344 g/mol. The average molecular weight is 344 g/mol. The van der Waals surface area contributed by atoms with E-state index in [1.807, 2.05) is 6.92 Å². The zero-order chi connectivity index (χ0) is 18.2. The highest BCUT2D eigenvalue weighted by molar-refractivity contribution is 5.81. The van der Waals surface area contributed by atoms with Gasteiger partial charge in [-0.2, -0.15) is 13.2 Å². The van der Waals surface area contributed by atoms with E-state index in [0.29, 0.717) is 31.0 Å². The van der Waals surface area contributed by atoms with E-state index in [2.05, 4.69) is 15.6 Å². The van der Waals surface area contributed by atoms with Crippen molar-refractivity contribution in [2.75, 3.05) is 27.2 Å². The van der Waals surface area contributed by atoms with Crippen molar-refractivity contribution < 1.29 is 18.0 Å². The van der Waals surface area contributed by atoms with Crippen molar-refractivity contribution in [2.24, 2.45) is 4.99 Å². The normalized spacial score (nSPS) is 12.0. The molecule has 0 aromatic heterocycles. The molecular formula is C16H23F3N4O. The summed E-state index contributed by atoms with van der Waals surface area (Å²) < 4.78 is 37.6. The maximum atomic E-state index is 12.5. The van der Waals surface area contributed by atoms with Gasteiger partial charge in [0.1, 0.15) is 0 Å². The summed E-state index contributed by atoms with van der Waals surface area (Å²) in [5, 5.41) is 6.05. The molecule has 0 aliphatic carbocycles. The highest BCUT2D eigenvalue weighted by Gasteiger charge is 2.29. The average Bonchev–Trinajstić information content (AvgIpc) is 2.51. The molecule has 1 amide bonds. The molecule has 0 aliphatic rings. The Morgan fingerprint density at radius 1 is 1.17 bits per heavy atom. The maximum absolute atomic E-state index is 12.5. The third kappa shape index (κ3) is 6.89. The zero-order valence-electron chi connectivity index (χ0n) is 14.1. The van der Waals surface area contributed by atoms with E-state index >= 15 is 0 Å². The van der Waals surface area contributed by atoms with E-state index in [1.165, 1.54) is 17.0 Å². The number of benzene rings is 1. The molecule has 0 saturated heterocycles. The lowest BCUT2D eigenvalue weighted by Crippen LogP contribution is -2.39. The first-order chi connectivity index (χ1) is 11.2. The van der Waals surface area contributed by atoms with E-state index in [9.17, 15) is 18.0 Å². The minimum Gasteiger partial charge on any atom is -0.357 e. The summed E-state index contributed by atoms with van der Waals surface area (Å²) >= 11 is 0. The molecule has 0 fully saturated rings. The second-order valence-electron chi connectivity index (χ2n) is 5.35. The summed E-state index contributed by atoms with van der Waals surface area (Å²) in [6.45, 7) is 3.21. The predicted molar refractivity (Wildman–Crippen MR) is 87.6 cm³/mol. The van der Waals surface area contributed by atoms with Crippen LogP contribution in [0.1, 0.15) is 24.5 Å². The number of aliphatic imine (C=N–C) groups is 1. The Morgan fingerprint density at radius 2 is 1.79 bits per heavy atom. The van der Waals surface area contributed by atoms with Crippen molar-refractivity contribution in [1.82, 2.24) is 15.5 Å². The number of alkyl halides is 3.